The van der Waals surface area contributed by atoms with Crippen molar-refractivity contribution in [3.8, 4) is 0 Å². The van der Waals surface area contributed by atoms with E-state index in [1.165, 1.54) is 28.2 Å². The number of nitrogens with zero attached hydrogens (tertiary/aromatic N) is 1. The molecule has 76 valence electrons. The third-order valence-electron chi connectivity index (χ3n) is 1.47. The van der Waals surface area contributed by atoms with Gasteiger partial charge in [0.1, 0.15) is 6.04 Å². The van der Waals surface area contributed by atoms with Crippen LogP contribution in [0.5, 0.6) is 0 Å². The van der Waals surface area contributed by atoms with Crippen LogP contribution in [0.3, 0.4) is 0 Å². The Morgan fingerprint density at radius 3 is 2.31 bits per heavy atom. The number of ether oxygens (including phenoxy) is 1. The number of hydrogen-bond acceptors (Lipinski definition) is 4. The van der Waals surface area contributed by atoms with Gasteiger partial charge in [0.25, 0.3) is 5.91 Å². The van der Waals surface area contributed by atoms with Crippen molar-refractivity contribution >= 4 is 12.0 Å². The Morgan fingerprint density at radius 1 is 1.38 bits per heavy atom. The molecular weight excluding hydrogens is 176 g/mol. The molecule has 0 heterocycles. The average Bonchev–Trinajstić information content (AvgIpc) is 2.14. The predicted molar refractivity (Wildman–Crippen MR) is 44.8 cm³/mol. The predicted octanol–water partition coefficient (Wildman–Crippen LogP) is -0.249. The van der Waals surface area contributed by atoms with Gasteiger partial charge in [0.05, 0.1) is 14.2 Å². The summed E-state index contributed by atoms with van der Waals surface area (Å²) in [4.78, 5) is 26.6. The van der Waals surface area contributed by atoms with Gasteiger partial charge in [-0.1, -0.05) is 0 Å². The molecule has 6 heteroatoms. The largest absolute Gasteiger partial charge is 0.453 e. The van der Waals surface area contributed by atoms with Crippen LogP contribution in [0.4, 0.5) is 4.79 Å². The van der Waals surface area contributed by atoms with Gasteiger partial charge < -0.3 is 10.1 Å². The molecule has 0 unspecified atom stereocenters. The fraction of sp³-hybridized carbons (Fsp3) is 0.714. The van der Waals surface area contributed by atoms with Crippen LogP contribution < -0.4 is 5.32 Å². The Kier molecular flexibility index (Phi) is 4.83. The molecule has 6 nitrogen and oxygen atoms in total. The first-order chi connectivity index (χ1) is 6.02. The Hall–Kier alpha value is -1.30. The van der Waals surface area contributed by atoms with Gasteiger partial charge >= 0.3 is 6.09 Å². The molecule has 0 aliphatic heterocycles. The lowest BCUT2D eigenvalue weighted by Crippen LogP contribution is -2.45. The minimum absolute atomic E-state index is 0.354. The van der Waals surface area contributed by atoms with Gasteiger partial charge in [-0.3, -0.25) is 9.63 Å². The summed E-state index contributed by atoms with van der Waals surface area (Å²) in [6.45, 7) is 1.54. The zero-order chi connectivity index (χ0) is 10.4. The summed E-state index contributed by atoms with van der Waals surface area (Å²) in [5, 5.41) is 3.34. The van der Waals surface area contributed by atoms with Crippen LogP contribution in [-0.2, 0) is 14.4 Å². The molecule has 0 rings (SSSR count). The molecule has 0 fully saturated rings. The number of nitrogens with one attached hydrogen (secondary N) is 1. The fourth-order valence-electron chi connectivity index (χ4n) is 0.660. The Balaban J connectivity index is 4.03. The van der Waals surface area contributed by atoms with Crippen molar-refractivity contribution in [3.63, 3.8) is 0 Å². The molecule has 0 saturated heterocycles. The maximum atomic E-state index is 11.3. The molecule has 1 atom stereocenters. The average molecular weight is 190 g/mol. The van der Waals surface area contributed by atoms with Crippen molar-refractivity contribution in [2.75, 3.05) is 21.3 Å². The number of carbonyl (C=O) groups is 2. The molecule has 0 radical (unpaired) electrons. The highest BCUT2D eigenvalue weighted by atomic mass is 16.7. The number of alkyl carbamates (subject to hydrolysis) is 1. The van der Waals surface area contributed by atoms with E-state index >= 15 is 0 Å². The monoisotopic (exact) mass is 190 g/mol. The number of likely N-dealkylation sites (N-methyl/N-ethyl adjacent to an activating group) is 1. The number of methoxy groups -OCH3 is 1. The summed E-state index contributed by atoms with van der Waals surface area (Å²) in [5.74, 6) is -0.354. The standard InChI is InChI=1S/C7H14N2O4/c1-5(8-7(11)12-3)6(10)9(2)13-4/h5H,1-4H3,(H,8,11)/t5-/m0/s1. The maximum Gasteiger partial charge on any atom is 0.407 e. The lowest BCUT2D eigenvalue weighted by Gasteiger charge is -2.18. The fourth-order valence-corrected chi connectivity index (χ4v) is 0.660. The number of carbonyl (C=O) groups excluding carboxylic acids is 2. The lowest BCUT2D eigenvalue weighted by atomic mass is 10.3. The summed E-state index contributed by atoms with van der Waals surface area (Å²) >= 11 is 0. The van der Waals surface area contributed by atoms with E-state index in [2.05, 4.69) is 14.9 Å². The summed E-state index contributed by atoms with van der Waals surface area (Å²) < 4.78 is 4.32. The smallest absolute Gasteiger partial charge is 0.407 e. The van der Waals surface area contributed by atoms with E-state index in [1.54, 1.807) is 0 Å². The minimum Gasteiger partial charge on any atom is -0.453 e. The normalized spacial score (nSPS) is 11.7. The molecule has 0 aromatic heterocycles. The first-order valence-electron chi connectivity index (χ1n) is 3.69. The topological polar surface area (TPSA) is 67.9 Å². The molecular formula is C7H14N2O4. The van der Waals surface area contributed by atoms with E-state index in [1.807, 2.05) is 0 Å². The van der Waals surface area contributed by atoms with Crippen molar-refractivity contribution in [3.05, 3.63) is 0 Å². The van der Waals surface area contributed by atoms with E-state index in [-0.39, 0.29) is 5.91 Å². The number of amides is 2. The quantitative estimate of drug-likeness (QED) is 0.623. The molecule has 0 aromatic carbocycles. The van der Waals surface area contributed by atoms with Crippen LogP contribution in [-0.4, -0.2) is 44.4 Å². The molecule has 0 aliphatic rings. The van der Waals surface area contributed by atoms with E-state index in [9.17, 15) is 9.59 Å². The molecule has 13 heavy (non-hydrogen) atoms. The van der Waals surface area contributed by atoms with Crippen molar-refractivity contribution < 1.29 is 19.2 Å². The number of hydrogen-bond donors (Lipinski definition) is 1. The zero-order valence-corrected chi connectivity index (χ0v) is 8.16. The van der Waals surface area contributed by atoms with Crippen LogP contribution in [0, 0.1) is 0 Å². The number of rotatable bonds is 3. The van der Waals surface area contributed by atoms with Crippen molar-refractivity contribution in [2.24, 2.45) is 0 Å². The molecule has 2 amide bonds. The van der Waals surface area contributed by atoms with Crippen molar-refractivity contribution in [1.29, 1.82) is 0 Å². The summed E-state index contributed by atoms with van der Waals surface area (Å²) in [6, 6.07) is -0.669. The third-order valence-corrected chi connectivity index (χ3v) is 1.47. The van der Waals surface area contributed by atoms with E-state index < -0.39 is 12.1 Å². The van der Waals surface area contributed by atoms with Crippen LogP contribution in [0.15, 0.2) is 0 Å². The number of hydroxylamine groups is 2. The van der Waals surface area contributed by atoms with Gasteiger partial charge in [0.2, 0.25) is 0 Å². The van der Waals surface area contributed by atoms with Gasteiger partial charge in [-0.05, 0) is 6.92 Å². The highest BCUT2D eigenvalue weighted by Gasteiger charge is 2.19. The minimum atomic E-state index is -0.669. The second-order valence-electron chi connectivity index (χ2n) is 2.38. The van der Waals surface area contributed by atoms with Crippen molar-refractivity contribution in [2.45, 2.75) is 13.0 Å². The molecule has 0 spiro atoms. The SMILES string of the molecule is COC(=O)N[C@@H](C)C(=O)N(C)OC. The Morgan fingerprint density at radius 2 is 1.92 bits per heavy atom. The molecule has 0 aromatic rings. The van der Waals surface area contributed by atoms with Gasteiger partial charge in [0, 0.05) is 7.05 Å². The van der Waals surface area contributed by atoms with E-state index in [0.717, 1.165) is 5.06 Å². The van der Waals surface area contributed by atoms with Crippen LogP contribution in [0.2, 0.25) is 0 Å². The second-order valence-corrected chi connectivity index (χ2v) is 2.38. The van der Waals surface area contributed by atoms with E-state index in [0.29, 0.717) is 0 Å². The summed E-state index contributed by atoms with van der Waals surface area (Å²) in [7, 11) is 4.05. The van der Waals surface area contributed by atoms with Crippen LogP contribution in [0.1, 0.15) is 6.92 Å². The van der Waals surface area contributed by atoms with Gasteiger partial charge in [0.15, 0.2) is 0 Å². The molecule has 0 bridgehead atoms. The van der Waals surface area contributed by atoms with Gasteiger partial charge in [-0.15, -0.1) is 0 Å². The molecule has 1 N–H and O–H groups in total. The zero-order valence-electron chi connectivity index (χ0n) is 8.16. The van der Waals surface area contributed by atoms with Crippen LogP contribution >= 0.6 is 0 Å². The maximum absolute atomic E-state index is 11.3. The van der Waals surface area contributed by atoms with Crippen molar-refractivity contribution in [1.82, 2.24) is 10.4 Å². The summed E-state index contributed by atoms with van der Waals surface area (Å²) in [5.41, 5.74) is 0. The van der Waals surface area contributed by atoms with E-state index in [4.69, 9.17) is 0 Å². The molecule has 0 aliphatic carbocycles. The highest BCUT2D eigenvalue weighted by molar-refractivity contribution is 5.84. The molecule has 0 saturated carbocycles. The lowest BCUT2D eigenvalue weighted by molar-refractivity contribution is -0.170. The van der Waals surface area contributed by atoms with Crippen LogP contribution in [0.25, 0.3) is 0 Å². The first kappa shape index (κ1) is 11.7. The van der Waals surface area contributed by atoms with Gasteiger partial charge in [-0.2, -0.15) is 0 Å². The Bertz CT molecular complexity index is 195. The second kappa shape index (κ2) is 5.36. The van der Waals surface area contributed by atoms with Gasteiger partial charge in [-0.25, -0.2) is 9.86 Å². The Labute approximate surface area is 76.7 Å². The summed E-state index contributed by atoms with van der Waals surface area (Å²) in [6.07, 6.45) is -0.648. The first-order valence-corrected chi connectivity index (χ1v) is 3.69. The highest BCUT2D eigenvalue weighted by Crippen LogP contribution is 1.91. The third kappa shape index (κ3) is 3.75.